The molecule has 6 rings (SSSR count). The maximum absolute atomic E-state index is 13.1. The molecule has 4 fully saturated rings. The number of nitrogens with one attached hydrogen (secondary N) is 1. The highest BCUT2D eigenvalue weighted by atomic mass is 35.5. The van der Waals surface area contributed by atoms with Crippen molar-refractivity contribution < 1.29 is 23.8 Å². The first kappa shape index (κ1) is 19.0. The zero-order valence-electron chi connectivity index (χ0n) is 16.5. The molecule has 4 saturated carbocycles. The lowest BCUT2D eigenvalue weighted by Crippen LogP contribution is -2.57. The van der Waals surface area contributed by atoms with Crippen molar-refractivity contribution in [1.29, 1.82) is 0 Å². The van der Waals surface area contributed by atoms with Gasteiger partial charge >= 0.3 is 5.97 Å². The Kier molecular flexibility index (Phi) is 4.46. The third kappa shape index (κ3) is 3.45. The molecule has 1 amide bonds. The van der Waals surface area contributed by atoms with E-state index in [1.807, 2.05) is 18.2 Å². The molecular weight excluding hydrogens is 394 g/mol. The molecule has 29 heavy (non-hydrogen) atoms. The van der Waals surface area contributed by atoms with Crippen molar-refractivity contribution in [2.75, 3.05) is 6.79 Å². The molecule has 4 bridgehead atoms. The summed E-state index contributed by atoms with van der Waals surface area (Å²) in [4.78, 5) is 25.3. The van der Waals surface area contributed by atoms with Crippen LogP contribution < -0.4 is 14.8 Å². The Morgan fingerprint density at radius 1 is 1.21 bits per heavy atom. The van der Waals surface area contributed by atoms with Crippen LogP contribution in [-0.2, 0) is 20.9 Å². The van der Waals surface area contributed by atoms with E-state index in [2.05, 4.69) is 5.32 Å². The predicted octanol–water partition coefficient (Wildman–Crippen LogP) is 3.54. The summed E-state index contributed by atoms with van der Waals surface area (Å²) < 4.78 is 16.3. The molecule has 1 aromatic carbocycles. The number of hydrogen-bond acceptors (Lipinski definition) is 5. The highest BCUT2D eigenvalue weighted by Gasteiger charge is 2.61. The van der Waals surface area contributed by atoms with Crippen molar-refractivity contribution in [1.82, 2.24) is 5.32 Å². The van der Waals surface area contributed by atoms with Crippen LogP contribution in [0.4, 0.5) is 0 Å². The summed E-state index contributed by atoms with van der Waals surface area (Å²) >= 11 is 6.82. The summed E-state index contributed by atoms with van der Waals surface area (Å²) in [6, 6.07) is 5.54. The van der Waals surface area contributed by atoms with Gasteiger partial charge in [0.25, 0.3) is 5.91 Å². The van der Waals surface area contributed by atoms with Gasteiger partial charge in [-0.1, -0.05) is 6.07 Å². The van der Waals surface area contributed by atoms with Crippen molar-refractivity contribution in [2.24, 2.45) is 17.3 Å². The predicted molar refractivity (Wildman–Crippen MR) is 106 cm³/mol. The fourth-order valence-electron chi connectivity index (χ4n) is 6.11. The van der Waals surface area contributed by atoms with Crippen LogP contribution >= 0.6 is 11.6 Å². The highest BCUT2D eigenvalue weighted by molar-refractivity contribution is 6.24. The highest BCUT2D eigenvalue weighted by Crippen LogP contribution is 2.64. The lowest BCUT2D eigenvalue weighted by molar-refractivity contribution is -0.177. The van der Waals surface area contributed by atoms with Gasteiger partial charge in [0.05, 0.1) is 5.41 Å². The third-order valence-corrected chi connectivity index (χ3v) is 7.42. The van der Waals surface area contributed by atoms with Crippen LogP contribution in [0.1, 0.15) is 51.0 Å². The Bertz CT molecular complexity index is 842. The molecule has 5 aliphatic rings. The molecule has 0 saturated heterocycles. The molecule has 0 aromatic heterocycles. The molecule has 7 heteroatoms. The Morgan fingerprint density at radius 3 is 2.66 bits per heavy atom. The van der Waals surface area contributed by atoms with Crippen molar-refractivity contribution in [3.63, 3.8) is 0 Å². The van der Waals surface area contributed by atoms with Crippen LogP contribution in [0.5, 0.6) is 11.5 Å². The summed E-state index contributed by atoms with van der Waals surface area (Å²) in [6.07, 6.45) is 4.73. The van der Waals surface area contributed by atoms with Crippen LogP contribution in [0, 0.1) is 17.3 Å². The maximum atomic E-state index is 13.1. The lowest BCUT2D eigenvalue weighted by atomic mass is 9.49. The number of rotatable bonds is 5. The minimum Gasteiger partial charge on any atom is -0.454 e. The molecule has 1 aromatic rings. The van der Waals surface area contributed by atoms with Gasteiger partial charge in [-0.3, -0.25) is 9.59 Å². The van der Waals surface area contributed by atoms with E-state index in [-0.39, 0.29) is 23.5 Å². The molecule has 3 atom stereocenters. The Morgan fingerprint density at radius 2 is 1.93 bits per heavy atom. The molecule has 1 N–H and O–H groups in total. The van der Waals surface area contributed by atoms with Crippen molar-refractivity contribution >= 4 is 23.5 Å². The van der Waals surface area contributed by atoms with Gasteiger partial charge < -0.3 is 19.5 Å². The fraction of sp³-hybridized carbons (Fsp3) is 0.636. The monoisotopic (exact) mass is 419 g/mol. The first-order valence-corrected chi connectivity index (χ1v) is 10.8. The van der Waals surface area contributed by atoms with E-state index in [0.29, 0.717) is 36.3 Å². The maximum Gasteiger partial charge on any atom is 0.312 e. The van der Waals surface area contributed by atoms with Gasteiger partial charge in [-0.15, -0.1) is 11.6 Å². The van der Waals surface area contributed by atoms with Crippen LogP contribution in [0.25, 0.3) is 0 Å². The third-order valence-electron chi connectivity index (χ3n) is 6.98. The first-order valence-electron chi connectivity index (χ1n) is 10.4. The zero-order valence-corrected chi connectivity index (χ0v) is 17.3. The van der Waals surface area contributed by atoms with E-state index < -0.39 is 11.5 Å². The van der Waals surface area contributed by atoms with Gasteiger partial charge in [-0.05, 0) is 75.0 Å². The number of fused-ring (bicyclic) bond motifs is 1. The van der Waals surface area contributed by atoms with Gasteiger partial charge in [0.15, 0.2) is 17.6 Å². The van der Waals surface area contributed by atoms with E-state index in [4.69, 9.17) is 25.8 Å². The standard InChI is InChI=1S/C22H26ClNO5/c1-13(19(25)24-10-14-2-3-17-18(5-14)28-12-27-17)29-20(26)21-6-15-4-16(7-21)9-22(23,8-15)11-21/h2-3,5,13,15-16H,4,6-12H2,1H3,(H,24,25)/t13-,15-,16-,21?,22?/m1/s1. The van der Waals surface area contributed by atoms with E-state index in [0.717, 1.165) is 31.2 Å². The minimum absolute atomic E-state index is 0.213. The Balaban J connectivity index is 1.18. The second-order valence-corrected chi connectivity index (χ2v) is 10.1. The Hall–Kier alpha value is -1.95. The molecular formula is C22H26ClNO5. The number of esters is 1. The quantitative estimate of drug-likeness (QED) is 0.583. The zero-order chi connectivity index (χ0) is 20.2. The van der Waals surface area contributed by atoms with Gasteiger partial charge in [0.2, 0.25) is 6.79 Å². The smallest absolute Gasteiger partial charge is 0.312 e. The van der Waals surface area contributed by atoms with Crippen molar-refractivity contribution in [3.05, 3.63) is 23.8 Å². The number of carbonyl (C=O) groups excluding carboxylic acids is 2. The van der Waals surface area contributed by atoms with Gasteiger partial charge in [-0.2, -0.15) is 0 Å². The summed E-state index contributed by atoms with van der Waals surface area (Å²) in [7, 11) is 0. The summed E-state index contributed by atoms with van der Waals surface area (Å²) in [5.41, 5.74) is 0.392. The van der Waals surface area contributed by atoms with E-state index in [9.17, 15) is 9.59 Å². The van der Waals surface area contributed by atoms with Gasteiger partial charge in [0.1, 0.15) is 0 Å². The van der Waals surface area contributed by atoms with Crippen molar-refractivity contribution in [2.45, 2.75) is 63.0 Å². The topological polar surface area (TPSA) is 73.9 Å². The SMILES string of the molecule is C[C@@H](OC(=O)C12C[C@H]3C[C@@H](CC(Cl)(C3)C1)C2)C(=O)NCc1ccc2c(c1)OCO2. The van der Waals surface area contributed by atoms with Crippen molar-refractivity contribution in [3.8, 4) is 11.5 Å². The van der Waals surface area contributed by atoms with E-state index in [1.54, 1.807) is 6.92 Å². The van der Waals surface area contributed by atoms with Crippen LogP contribution in [0.3, 0.4) is 0 Å². The average molecular weight is 420 g/mol. The normalized spacial score (nSPS) is 34.7. The molecule has 4 aliphatic carbocycles. The van der Waals surface area contributed by atoms with Gasteiger partial charge in [-0.25, -0.2) is 0 Å². The molecule has 6 nitrogen and oxygen atoms in total. The van der Waals surface area contributed by atoms with Gasteiger partial charge in [0, 0.05) is 11.4 Å². The molecule has 0 unspecified atom stereocenters. The van der Waals surface area contributed by atoms with E-state index >= 15 is 0 Å². The summed E-state index contributed by atoms with van der Waals surface area (Å²) in [5.74, 6) is 1.85. The first-order chi connectivity index (χ1) is 13.8. The number of amides is 1. The van der Waals surface area contributed by atoms with Crippen LogP contribution in [0.15, 0.2) is 18.2 Å². The fourth-order valence-corrected chi connectivity index (χ4v) is 6.80. The van der Waals surface area contributed by atoms with E-state index in [1.165, 1.54) is 6.42 Å². The Labute approximate surface area is 175 Å². The summed E-state index contributed by atoms with van der Waals surface area (Å²) in [6.45, 7) is 2.17. The van der Waals surface area contributed by atoms with Crippen LogP contribution in [-0.4, -0.2) is 29.6 Å². The molecule has 1 heterocycles. The second kappa shape index (κ2) is 6.79. The molecule has 0 radical (unpaired) electrons. The number of ether oxygens (including phenoxy) is 3. The number of carbonyl (C=O) groups is 2. The van der Waals surface area contributed by atoms with Crippen LogP contribution in [0.2, 0.25) is 0 Å². The molecule has 156 valence electrons. The molecule has 1 aliphatic heterocycles. The number of halogens is 1. The lowest BCUT2D eigenvalue weighted by Gasteiger charge is -2.58. The average Bonchev–Trinajstić information content (AvgIpc) is 3.11. The molecule has 0 spiro atoms. The largest absolute Gasteiger partial charge is 0.454 e. The minimum atomic E-state index is -0.837. The number of alkyl halides is 1. The second-order valence-electron chi connectivity index (χ2n) is 9.35. The number of hydrogen-bond donors (Lipinski definition) is 1. The summed E-state index contributed by atoms with van der Waals surface area (Å²) in [5, 5.41) is 2.84. The number of benzene rings is 1.